The molecule has 0 bridgehead atoms. The number of para-hydroxylation sites is 1. The minimum Gasteiger partial charge on any atom is -0.371 e. The molecule has 0 radical (unpaired) electrons. The van der Waals surface area contributed by atoms with Crippen LogP contribution < -0.4 is 4.90 Å². The summed E-state index contributed by atoms with van der Waals surface area (Å²) in [5, 5.41) is 0. The van der Waals surface area contributed by atoms with E-state index in [4.69, 9.17) is 0 Å². The second-order valence-corrected chi connectivity index (χ2v) is 6.72. The topological polar surface area (TPSA) is 26.8 Å². The summed E-state index contributed by atoms with van der Waals surface area (Å²) in [4.78, 5) is 19.6. The molecule has 1 amide bonds. The van der Waals surface area contributed by atoms with Crippen LogP contribution in [0.5, 0.6) is 0 Å². The second kappa shape index (κ2) is 6.69. The third-order valence-electron chi connectivity index (χ3n) is 5.02. The summed E-state index contributed by atoms with van der Waals surface area (Å²) >= 11 is 0. The Morgan fingerprint density at radius 1 is 1.05 bits per heavy atom. The van der Waals surface area contributed by atoms with E-state index in [0.717, 1.165) is 45.7 Å². The zero-order chi connectivity index (χ0) is 15.5. The fraction of sp³-hybridized carbons (Fsp3) is 0.611. The SMILES string of the molecule is CC(C)N1CCN(C(=O)[C@H]2CCN(c3ccccc3)C2)CC1. The first-order valence-corrected chi connectivity index (χ1v) is 8.48. The standard InChI is InChI=1S/C18H27N3O/c1-15(2)19-10-12-20(13-11-19)18(22)16-8-9-21(14-16)17-6-4-3-5-7-17/h3-7,15-16H,8-14H2,1-2H3/t16-/m0/s1. The summed E-state index contributed by atoms with van der Waals surface area (Å²) < 4.78 is 0. The van der Waals surface area contributed by atoms with Gasteiger partial charge in [-0.25, -0.2) is 0 Å². The highest BCUT2D eigenvalue weighted by Crippen LogP contribution is 2.25. The fourth-order valence-electron chi connectivity index (χ4n) is 3.55. The van der Waals surface area contributed by atoms with Crippen molar-refractivity contribution >= 4 is 11.6 Å². The molecular weight excluding hydrogens is 274 g/mol. The van der Waals surface area contributed by atoms with Crippen LogP contribution in [0.2, 0.25) is 0 Å². The van der Waals surface area contributed by atoms with E-state index in [1.165, 1.54) is 5.69 Å². The summed E-state index contributed by atoms with van der Waals surface area (Å²) in [7, 11) is 0. The summed E-state index contributed by atoms with van der Waals surface area (Å²) in [6.07, 6.45) is 0.984. The van der Waals surface area contributed by atoms with Gasteiger partial charge in [0.1, 0.15) is 0 Å². The predicted molar refractivity (Wildman–Crippen MR) is 90.1 cm³/mol. The quantitative estimate of drug-likeness (QED) is 0.855. The van der Waals surface area contributed by atoms with E-state index in [2.05, 4.69) is 52.8 Å². The molecule has 0 unspecified atom stereocenters. The van der Waals surface area contributed by atoms with Gasteiger partial charge < -0.3 is 9.80 Å². The number of carbonyl (C=O) groups is 1. The van der Waals surface area contributed by atoms with Gasteiger partial charge in [0.25, 0.3) is 0 Å². The smallest absolute Gasteiger partial charge is 0.227 e. The van der Waals surface area contributed by atoms with Crippen molar-refractivity contribution < 1.29 is 4.79 Å². The van der Waals surface area contributed by atoms with Gasteiger partial charge in [0.2, 0.25) is 5.91 Å². The van der Waals surface area contributed by atoms with E-state index < -0.39 is 0 Å². The zero-order valence-electron chi connectivity index (χ0n) is 13.7. The molecule has 120 valence electrons. The number of amides is 1. The molecule has 0 N–H and O–H groups in total. The third kappa shape index (κ3) is 3.27. The molecule has 2 aliphatic heterocycles. The molecule has 22 heavy (non-hydrogen) atoms. The Kier molecular flexibility index (Phi) is 4.67. The number of hydrogen-bond acceptors (Lipinski definition) is 3. The van der Waals surface area contributed by atoms with Gasteiger partial charge >= 0.3 is 0 Å². The Hall–Kier alpha value is -1.55. The number of piperazine rings is 1. The maximum Gasteiger partial charge on any atom is 0.227 e. The van der Waals surface area contributed by atoms with Crippen LogP contribution in [0.3, 0.4) is 0 Å². The minimum atomic E-state index is 0.172. The van der Waals surface area contributed by atoms with E-state index in [0.29, 0.717) is 11.9 Å². The monoisotopic (exact) mass is 301 g/mol. The highest BCUT2D eigenvalue weighted by molar-refractivity contribution is 5.80. The lowest BCUT2D eigenvalue weighted by molar-refractivity contribution is -0.136. The van der Waals surface area contributed by atoms with E-state index in [9.17, 15) is 4.79 Å². The summed E-state index contributed by atoms with van der Waals surface area (Å²) in [5.74, 6) is 0.535. The third-order valence-corrected chi connectivity index (χ3v) is 5.02. The Labute approximate surface area is 133 Å². The maximum absolute atomic E-state index is 12.7. The molecule has 1 atom stereocenters. The average molecular weight is 301 g/mol. The minimum absolute atomic E-state index is 0.172. The van der Waals surface area contributed by atoms with Crippen molar-refractivity contribution in [2.45, 2.75) is 26.3 Å². The first kappa shape index (κ1) is 15.3. The molecule has 4 nitrogen and oxygen atoms in total. The molecule has 0 aromatic heterocycles. The lowest BCUT2D eigenvalue weighted by Gasteiger charge is -2.37. The van der Waals surface area contributed by atoms with Crippen LogP contribution in [0.4, 0.5) is 5.69 Å². The normalized spacial score (nSPS) is 23.3. The molecule has 2 aliphatic rings. The molecule has 2 heterocycles. The Balaban J connectivity index is 1.54. The van der Waals surface area contributed by atoms with Crippen molar-refractivity contribution in [3.05, 3.63) is 30.3 Å². The molecule has 0 saturated carbocycles. The fourth-order valence-corrected chi connectivity index (χ4v) is 3.55. The van der Waals surface area contributed by atoms with Gasteiger partial charge in [-0.1, -0.05) is 18.2 Å². The number of nitrogens with zero attached hydrogens (tertiary/aromatic N) is 3. The van der Waals surface area contributed by atoms with Crippen LogP contribution in [-0.2, 0) is 4.79 Å². The molecule has 2 saturated heterocycles. The molecular formula is C18H27N3O. The Bertz CT molecular complexity index is 494. The van der Waals surface area contributed by atoms with Gasteiger partial charge in [-0.2, -0.15) is 0 Å². The second-order valence-electron chi connectivity index (χ2n) is 6.72. The van der Waals surface area contributed by atoms with Crippen LogP contribution in [0.1, 0.15) is 20.3 Å². The lowest BCUT2D eigenvalue weighted by atomic mass is 10.1. The van der Waals surface area contributed by atoms with Crippen LogP contribution in [0.25, 0.3) is 0 Å². The highest BCUT2D eigenvalue weighted by atomic mass is 16.2. The van der Waals surface area contributed by atoms with Gasteiger partial charge in [-0.3, -0.25) is 9.69 Å². The van der Waals surface area contributed by atoms with Gasteiger partial charge in [-0.05, 0) is 32.4 Å². The van der Waals surface area contributed by atoms with Gasteiger partial charge in [0.05, 0.1) is 5.92 Å². The molecule has 0 aliphatic carbocycles. The summed E-state index contributed by atoms with van der Waals surface area (Å²) in [6, 6.07) is 11.0. The first-order valence-electron chi connectivity index (χ1n) is 8.48. The van der Waals surface area contributed by atoms with Crippen LogP contribution in [0.15, 0.2) is 30.3 Å². The molecule has 1 aromatic carbocycles. The van der Waals surface area contributed by atoms with Gasteiger partial charge in [-0.15, -0.1) is 0 Å². The van der Waals surface area contributed by atoms with Crippen molar-refractivity contribution in [1.82, 2.24) is 9.80 Å². The molecule has 2 fully saturated rings. The molecule has 1 aromatic rings. The van der Waals surface area contributed by atoms with Crippen molar-refractivity contribution in [1.29, 1.82) is 0 Å². The summed E-state index contributed by atoms with van der Waals surface area (Å²) in [6.45, 7) is 10.1. The number of hydrogen-bond donors (Lipinski definition) is 0. The maximum atomic E-state index is 12.7. The molecule has 4 heteroatoms. The lowest BCUT2D eigenvalue weighted by Crippen LogP contribution is -2.52. The van der Waals surface area contributed by atoms with E-state index in [1.54, 1.807) is 0 Å². The summed E-state index contributed by atoms with van der Waals surface area (Å²) in [5.41, 5.74) is 1.24. The Morgan fingerprint density at radius 2 is 1.73 bits per heavy atom. The highest BCUT2D eigenvalue weighted by Gasteiger charge is 2.33. The average Bonchev–Trinajstić information content (AvgIpc) is 3.05. The predicted octanol–water partition coefficient (Wildman–Crippen LogP) is 2.07. The zero-order valence-corrected chi connectivity index (χ0v) is 13.7. The Morgan fingerprint density at radius 3 is 2.36 bits per heavy atom. The van der Waals surface area contributed by atoms with Gasteiger partial charge in [0, 0.05) is 51.0 Å². The van der Waals surface area contributed by atoms with Crippen molar-refractivity contribution in [2.24, 2.45) is 5.92 Å². The van der Waals surface area contributed by atoms with Crippen molar-refractivity contribution in [3.8, 4) is 0 Å². The van der Waals surface area contributed by atoms with Crippen LogP contribution >= 0.6 is 0 Å². The van der Waals surface area contributed by atoms with E-state index in [1.807, 2.05) is 6.07 Å². The van der Waals surface area contributed by atoms with Crippen LogP contribution in [-0.4, -0.2) is 61.0 Å². The van der Waals surface area contributed by atoms with E-state index >= 15 is 0 Å². The number of benzene rings is 1. The number of carbonyl (C=O) groups excluding carboxylic acids is 1. The number of anilines is 1. The molecule has 3 rings (SSSR count). The largest absolute Gasteiger partial charge is 0.371 e. The van der Waals surface area contributed by atoms with Crippen molar-refractivity contribution in [2.75, 3.05) is 44.2 Å². The molecule has 0 spiro atoms. The van der Waals surface area contributed by atoms with E-state index in [-0.39, 0.29) is 5.92 Å². The van der Waals surface area contributed by atoms with Gasteiger partial charge in [0.15, 0.2) is 0 Å². The van der Waals surface area contributed by atoms with Crippen molar-refractivity contribution in [3.63, 3.8) is 0 Å². The van der Waals surface area contributed by atoms with Crippen LogP contribution in [0, 0.1) is 5.92 Å². The first-order chi connectivity index (χ1) is 10.6. The number of rotatable bonds is 3.